The highest BCUT2D eigenvalue weighted by Crippen LogP contribution is 2.16. The van der Waals surface area contributed by atoms with E-state index in [4.69, 9.17) is 4.74 Å². The number of ether oxygens (including phenoxy) is 1. The molecule has 94 valence electrons. The van der Waals surface area contributed by atoms with E-state index in [-0.39, 0.29) is 10.7 Å². The normalized spacial score (nSPS) is 12.2. The van der Waals surface area contributed by atoms with Crippen LogP contribution in [0, 0.1) is 6.92 Å². The van der Waals surface area contributed by atoms with Crippen LogP contribution in [0.4, 0.5) is 0 Å². The van der Waals surface area contributed by atoms with Crippen LogP contribution in [-0.4, -0.2) is 31.0 Å². The molecule has 0 spiro atoms. The standard InChI is InChI=1S/C12H15Br2NO2/c1-8-3-4-9(13)5-11(8)12(16)15-6-10(14)7-17-2/h3-5,10H,6-7H2,1-2H3,(H,15,16). The van der Waals surface area contributed by atoms with Crippen molar-refractivity contribution in [3.63, 3.8) is 0 Å². The van der Waals surface area contributed by atoms with Gasteiger partial charge in [0.05, 0.1) is 11.4 Å². The Morgan fingerprint density at radius 3 is 2.88 bits per heavy atom. The largest absolute Gasteiger partial charge is 0.383 e. The highest BCUT2D eigenvalue weighted by atomic mass is 79.9. The Bertz CT molecular complexity index is 396. The van der Waals surface area contributed by atoms with Crippen LogP contribution < -0.4 is 5.32 Å². The minimum absolute atomic E-state index is 0.0654. The Morgan fingerprint density at radius 1 is 1.53 bits per heavy atom. The van der Waals surface area contributed by atoms with E-state index < -0.39 is 0 Å². The monoisotopic (exact) mass is 363 g/mol. The van der Waals surface area contributed by atoms with Crippen LogP contribution in [0.1, 0.15) is 15.9 Å². The number of benzene rings is 1. The Morgan fingerprint density at radius 2 is 2.24 bits per heavy atom. The molecule has 1 aromatic carbocycles. The Hall–Kier alpha value is -0.390. The van der Waals surface area contributed by atoms with E-state index in [1.807, 2.05) is 25.1 Å². The summed E-state index contributed by atoms with van der Waals surface area (Å²) in [6.07, 6.45) is 0. The molecule has 0 radical (unpaired) electrons. The first-order valence-corrected chi connectivity index (χ1v) is 6.93. The van der Waals surface area contributed by atoms with Crippen LogP contribution in [-0.2, 0) is 4.74 Å². The number of hydrogen-bond acceptors (Lipinski definition) is 2. The fraction of sp³-hybridized carbons (Fsp3) is 0.417. The van der Waals surface area contributed by atoms with Gasteiger partial charge in [-0.1, -0.05) is 37.9 Å². The number of aryl methyl sites for hydroxylation is 1. The van der Waals surface area contributed by atoms with Gasteiger partial charge in [-0.2, -0.15) is 0 Å². The predicted molar refractivity (Wildman–Crippen MR) is 75.8 cm³/mol. The molecule has 1 amide bonds. The third kappa shape index (κ3) is 4.77. The molecule has 1 unspecified atom stereocenters. The summed E-state index contributed by atoms with van der Waals surface area (Å²) in [5.41, 5.74) is 1.65. The van der Waals surface area contributed by atoms with Crippen molar-refractivity contribution in [1.29, 1.82) is 0 Å². The van der Waals surface area contributed by atoms with Gasteiger partial charge in [-0.3, -0.25) is 4.79 Å². The molecule has 0 aliphatic heterocycles. The van der Waals surface area contributed by atoms with E-state index in [0.717, 1.165) is 10.0 Å². The minimum atomic E-state index is -0.0654. The third-order valence-corrected chi connectivity index (χ3v) is 3.36. The summed E-state index contributed by atoms with van der Waals surface area (Å²) in [7, 11) is 1.63. The first kappa shape index (κ1) is 14.7. The van der Waals surface area contributed by atoms with Crippen LogP contribution in [0.5, 0.6) is 0 Å². The predicted octanol–water partition coefficient (Wildman–Crippen LogP) is 2.90. The number of carbonyl (C=O) groups is 1. The SMILES string of the molecule is COCC(Br)CNC(=O)c1cc(Br)ccc1C. The van der Waals surface area contributed by atoms with Crippen molar-refractivity contribution in [2.45, 2.75) is 11.8 Å². The van der Waals surface area contributed by atoms with Gasteiger partial charge < -0.3 is 10.1 Å². The van der Waals surface area contributed by atoms with Crippen LogP contribution in [0.25, 0.3) is 0 Å². The number of halogens is 2. The van der Waals surface area contributed by atoms with Crippen molar-refractivity contribution in [3.05, 3.63) is 33.8 Å². The van der Waals surface area contributed by atoms with Crippen molar-refractivity contribution >= 4 is 37.8 Å². The molecule has 1 atom stereocenters. The van der Waals surface area contributed by atoms with E-state index in [1.54, 1.807) is 7.11 Å². The fourth-order valence-electron chi connectivity index (χ4n) is 1.38. The van der Waals surface area contributed by atoms with Gasteiger partial charge >= 0.3 is 0 Å². The average molecular weight is 365 g/mol. The van der Waals surface area contributed by atoms with Gasteiger partial charge in [-0.15, -0.1) is 0 Å². The molecule has 0 heterocycles. The maximum Gasteiger partial charge on any atom is 0.251 e. The molecule has 0 aromatic heterocycles. The second kappa shape index (κ2) is 7.13. The van der Waals surface area contributed by atoms with Gasteiger partial charge in [0, 0.05) is 23.7 Å². The number of hydrogen-bond donors (Lipinski definition) is 1. The van der Waals surface area contributed by atoms with E-state index >= 15 is 0 Å². The van der Waals surface area contributed by atoms with E-state index in [0.29, 0.717) is 18.7 Å². The molecule has 0 aliphatic rings. The lowest BCUT2D eigenvalue weighted by Gasteiger charge is -2.11. The second-order valence-corrected chi connectivity index (χ2v) is 5.93. The smallest absolute Gasteiger partial charge is 0.251 e. The lowest BCUT2D eigenvalue weighted by atomic mass is 10.1. The number of alkyl halides is 1. The zero-order valence-corrected chi connectivity index (χ0v) is 13.0. The van der Waals surface area contributed by atoms with E-state index in [9.17, 15) is 4.79 Å². The van der Waals surface area contributed by atoms with Crippen molar-refractivity contribution in [2.75, 3.05) is 20.3 Å². The topological polar surface area (TPSA) is 38.3 Å². The molecule has 0 bridgehead atoms. The molecule has 1 N–H and O–H groups in total. The molecule has 17 heavy (non-hydrogen) atoms. The van der Waals surface area contributed by atoms with Crippen molar-refractivity contribution < 1.29 is 9.53 Å². The Labute approximate surface area is 118 Å². The molecule has 0 fully saturated rings. The summed E-state index contributed by atoms with van der Waals surface area (Å²) >= 11 is 6.78. The van der Waals surface area contributed by atoms with Gasteiger partial charge in [0.1, 0.15) is 0 Å². The zero-order chi connectivity index (χ0) is 12.8. The second-order valence-electron chi connectivity index (χ2n) is 3.72. The molecule has 1 aromatic rings. The summed E-state index contributed by atoms with van der Waals surface area (Å²) in [5, 5.41) is 2.86. The molecule has 5 heteroatoms. The van der Waals surface area contributed by atoms with Gasteiger partial charge in [0.25, 0.3) is 5.91 Å². The summed E-state index contributed by atoms with van der Waals surface area (Å²) in [6, 6.07) is 5.66. The van der Waals surface area contributed by atoms with Crippen LogP contribution >= 0.6 is 31.9 Å². The molecule has 1 rings (SSSR count). The molecule has 0 saturated carbocycles. The molecule has 3 nitrogen and oxygen atoms in total. The number of amides is 1. The van der Waals surface area contributed by atoms with Gasteiger partial charge in [-0.05, 0) is 24.6 Å². The lowest BCUT2D eigenvalue weighted by molar-refractivity contribution is 0.0949. The fourth-order valence-corrected chi connectivity index (χ4v) is 2.16. The molecule has 0 saturated heterocycles. The third-order valence-electron chi connectivity index (χ3n) is 2.28. The van der Waals surface area contributed by atoms with E-state index in [1.165, 1.54) is 0 Å². The Balaban J connectivity index is 2.61. The van der Waals surface area contributed by atoms with Gasteiger partial charge in [0.15, 0.2) is 0 Å². The number of nitrogens with one attached hydrogen (secondary N) is 1. The lowest BCUT2D eigenvalue weighted by Crippen LogP contribution is -2.31. The summed E-state index contributed by atoms with van der Waals surface area (Å²) in [4.78, 5) is 12.1. The average Bonchev–Trinajstić information content (AvgIpc) is 2.29. The maximum absolute atomic E-state index is 11.9. The van der Waals surface area contributed by atoms with Crippen LogP contribution in [0.2, 0.25) is 0 Å². The number of carbonyl (C=O) groups excluding carboxylic acids is 1. The molecular formula is C12H15Br2NO2. The summed E-state index contributed by atoms with van der Waals surface area (Å²) in [6.45, 7) is 3.03. The van der Waals surface area contributed by atoms with E-state index in [2.05, 4.69) is 37.2 Å². The quantitative estimate of drug-likeness (QED) is 0.816. The zero-order valence-electron chi connectivity index (χ0n) is 9.80. The first-order valence-electron chi connectivity index (χ1n) is 5.22. The summed E-state index contributed by atoms with van der Waals surface area (Å²) in [5.74, 6) is -0.0654. The highest BCUT2D eigenvalue weighted by molar-refractivity contribution is 9.10. The summed E-state index contributed by atoms with van der Waals surface area (Å²) < 4.78 is 5.88. The van der Waals surface area contributed by atoms with Crippen LogP contribution in [0.15, 0.2) is 22.7 Å². The van der Waals surface area contributed by atoms with Gasteiger partial charge in [0.2, 0.25) is 0 Å². The molecule has 0 aliphatic carbocycles. The van der Waals surface area contributed by atoms with Crippen molar-refractivity contribution in [3.8, 4) is 0 Å². The van der Waals surface area contributed by atoms with Crippen LogP contribution in [0.3, 0.4) is 0 Å². The number of methoxy groups -OCH3 is 1. The molecular weight excluding hydrogens is 350 g/mol. The Kier molecular flexibility index (Phi) is 6.16. The number of rotatable bonds is 5. The van der Waals surface area contributed by atoms with Crippen molar-refractivity contribution in [1.82, 2.24) is 5.32 Å². The van der Waals surface area contributed by atoms with Crippen molar-refractivity contribution in [2.24, 2.45) is 0 Å². The highest BCUT2D eigenvalue weighted by Gasteiger charge is 2.11. The maximum atomic E-state index is 11.9. The van der Waals surface area contributed by atoms with Gasteiger partial charge in [-0.25, -0.2) is 0 Å². The first-order chi connectivity index (χ1) is 8.04. The minimum Gasteiger partial charge on any atom is -0.383 e.